The maximum absolute atomic E-state index is 13.3. The van der Waals surface area contributed by atoms with Gasteiger partial charge in [-0.1, -0.05) is 48.5 Å². The third-order valence-corrected chi connectivity index (χ3v) is 6.86. The van der Waals surface area contributed by atoms with E-state index in [1.54, 1.807) is 4.90 Å². The smallest absolute Gasteiger partial charge is 0.407 e. The number of hydrogen-bond acceptors (Lipinski definition) is 5. The molecule has 2 aliphatic rings. The van der Waals surface area contributed by atoms with E-state index in [9.17, 15) is 19.5 Å². The number of amides is 2. The second-order valence-corrected chi connectivity index (χ2v) is 9.08. The SMILES string of the molecule is COCCC(NC(=O)OCC1c2ccccc2-c2ccccc21)C(=O)N1CCCC[C@@H]1CC(=O)O. The Labute approximate surface area is 205 Å². The Bertz CT molecular complexity index is 1030. The van der Waals surface area contributed by atoms with E-state index in [1.165, 1.54) is 7.11 Å². The fraction of sp³-hybridized carbons (Fsp3) is 0.444. The highest BCUT2D eigenvalue weighted by Crippen LogP contribution is 2.44. The third kappa shape index (κ3) is 5.65. The number of hydrogen-bond donors (Lipinski definition) is 2. The second kappa shape index (κ2) is 11.4. The van der Waals surface area contributed by atoms with Gasteiger partial charge in [-0.15, -0.1) is 0 Å². The van der Waals surface area contributed by atoms with Crippen LogP contribution in [-0.2, 0) is 19.1 Å². The van der Waals surface area contributed by atoms with Crippen LogP contribution < -0.4 is 5.32 Å². The van der Waals surface area contributed by atoms with Crippen LogP contribution in [0.25, 0.3) is 11.1 Å². The first-order chi connectivity index (χ1) is 17.0. The Morgan fingerprint density at radius 2 is 1.71 bits per heavy atom. The topological polar surface area (TPSA) is 105 Å². The normalized spacial score (nSPS) is 17.9. The van der Waals surface area contributed by atoms with Gasteiger partial charge in [0, 0.05) is 38.6 Å². The molecule has 1 fully saturated rings. The van der Waals surface area contributed by atoms with E-state index in [4.69, 9.17) is 9.47 Å². The number of carboxylic acids is 1. The maximum atomic E-state index is 13.3. The van der Waals surface area contributed by atoms with Crippen LogP contribution in [-0.4, -0.2) is 66.9 Å². The molecular formula is C27H32N2O6. The number of nitrogens with one attached hydrogen (secondary N) is 1. The fourth-order valence-electron chi connectivity index (χ4n) is 5.18. The molecule has 8 nitrogen and oxygen atoms in total. The highest BCUT2D eigenvalue weighted by Gasteiger charge is 2.34. The van der Waals surface area contributed by atoms with Crippen LogP contribution in [0.3, 0.4) is 0 Å². The zero-order valence-electron chi connectivity index (χ0n) is 19.9. The van der Waals surface area contributed by atoms with Crippen molar-refractivity contribution in [2.45, 2.75) is 50.1 Å². The molecule has 2 amide bonds. The average Bonchev–Trinajstić information content (AvgIpc) is 3.18. The molecule has 0 saturated carbocycles. The van der Waals surface area contributed by atoms with Crippen molar-refractivity contribution in [1.29, 1.82) is 0 Å². The van der Waals surface area contributed by atoms with Gasteiger partial charge in [-0.2, -0.15) is 0 Å². The predicted octanol–water partition coefficient (Wildman–Crippen LogP) is 3.79. The van der Waals surface area contributed by atoms with Crippen LogP contribution in [0.15, 0.2) is 48.5 Å². The second-order valence-electron chi connectivity index (χ2n) is 9.08. The monoisotopic (exact) mass is 480 g/mol. The molecule has 2 atom stereocenters. The Kier molecular flexibility index (Phi) is 8.02. The van der Waals surface area contributed by atoms with Crippen LogP contribution in [0.1, 0.15) is 49.1 Å². The van der Waals surface area contributed by atoms with E-state index in [2.05, 4.69) is 17.4 Å². The van der Waals surface area contributed by atoms with Gasteiger partial charge in [0.15, 0.2) is 0 Å². The predicted molar refractivity (Wildman–Crippen MR) is 130 cm³/mol. The van der Waals surface area contributed by atoms with Gasteiger partial charge in [0.25, 0.3) is 0 Å². The summed E-state index contributed by atoms with van der Waals surface area (Å²) in [5, 5.41) is 12.0. The molecule has 0 bridgehead atoms. The number of methoxy groups -OCH3 is 1. The van der Waals surface area contributed by atoms with Crippen LogP contribution in [0, 0.1) is 0 Å². The number of rotatable bonds is 9. The number of likely N-dealkylation sites (tertiary alicyclic amines) is 1. The van der Waals surface area contributed by atoms with Gasteiger partial charge in [0.1, 0.15) is 12.6 Å². The van der Waals surface area contributed by atoms with Crippen LogP contribution >= 0.6 is 0 Å². The molecule has 35 heavy (non-hydrogen) atoms. The number of carbonyl (C=O) groups is 3. The highest BCUT2D eigenvalue weighted by molar-refractivity contribution is 5.86. The van der Waals surface area contributed by atoms with Crippen molar-refractivity contribution in [2.24, 2.45) is 0 Å². The minimum atomic E-state index is -0.937. The standard InChI is InChI=1S/C27H32N2O6/c1-34-15-13-24(26(32)29-14-7-6-8-18(29)16-25(30)31)28-27(33)35-17-23-21-11-4-2-9-19(21)20-10-3-5-12-22(20)23/h2-5,9-12,18,23-24H,6-8,13-17H2,1H3,(H,28,33)(H,30,31)/t18-,24?/m1/s1. The molecule has 0 spiro atoms. The number of alkyl carbamates (subject to hydrolysis) is 1. The summed E-state index contributed by atoms with van der Waals surface area (Å²) in [6.45, 7) is 0.903. The van der Waals surface area contributed by atoms with Crippen molar-refractivity contribution in [2.75, 3.05) is 26.9 Å². The van der Waals surface area contributed by atoms with Crippen molar-refractivity contribution in [3.05, 3.63) is 59.7 Å². The number of carboxylic acid groups (broad SMARTS) is 1. The van der Waals surface area contributed by atoms with E-state index in [1.807, 2.05) is 36.4 Å². The lowest BCUT2D eigenvalue weighted by Gasteiger charge is -2.37. The van der Waals surface area contributed by atoms with E-state index < -0.39 is 18.1 Å². The van der Waals surface area contributed by atoms with Crippen molar-refractivity contribution in [3.63, 3.8) is 0 Å². The minimum Gasteiger partial charge on any atom is -0.481 e. The zero-order valence-corrected chi connectivity index (χ0v) is 19.9. The number of nitrogens with zero attached hydrogens (tertiary/aromatic N) is 1. The number of fused-ring (bicyclic) bond motifs is 3. The fourth-order valence-corrected chi connectivity index (χ4v) is 5.18. The lowest BCUT2D eigenvalue weighted by atomic mass is 9.98. The number of carbonyl (C=O) groups excluding carboxylic acids is 2. The van der Waals surface area contributed by atoms with Gasteiger partial charge in [0.05, 0.1) is 6.42 Å². The van der Waals surface area contributed by atoms with Crippen molar-refractivity contribution in [1.82, 2.24) is 10.2 Å². The summed E-state index contributed by atoms with van der Waals surface area (Å²) >= 11 is 0. The number of benzene rings is 2. The Balaban J connectivity index is 1.43. The van der Waals surface area contributed by atoms with E-state index >= 15 is 0 Å². The van der Waals surface area contributed by atoms with Gasteiger partial charge in [-0.25, -0.2) is 4.79 Å². The summed E-state index contributed by atoms with van der Waals surface area (Å²) in [6, 6.07) is 15.0. The summed E-state index contributed by atoms with van der Waals surface area (Å²) in [6.07, 6.45) is 1.82. The number of piperidine rings is 1. The lowest BCUT2D eigenvalue weighted by molar-refractivity contribution is -0.143. The van der Waals surface area contributed by atoms with Gasteiger partial charge in [-0.05, 0) is 41.5 Å². The molecule has 2 aromatic carbocycles. The van der Waals surface area contributed by atoms with Gasteiger partial charge >= 0.3 is 12.1 Å². The lowest BCUT2D eigenvalue weighted by Crippen LogP contribution is -2.54. The molecule has 4 rings (SSSR count). The molecule has 1 saturated heterocycles. The Hall–Kier alpha value is -3.39. The summed E-state index contributed by atoms with van der Waals surface area (Å²) < 4.78 is 10.8. The Morgan fingerprint density at radius 3 is 2.34 bits per heavy atom. The van der Waals surface area contributed by atoms with E-state index in [0.717, 1.165) is 35.1 Å². The molecule has 1 aliphatic carbocycles. The minimum absolute atomic E-state index is 0.0803. The summed E-state index contributed by atoms with van der Waals surface area (Å²) in [5.41, 5.74) is 4.50. The van der Waals surface area contributed by atoms with E-state index in [-0.39, 0.29) is 43.9 Å². The molecule has 0 radical (unpaired) electrons. The number of aliphatic carboxylic acids is 1. The largest absolute Gasteiger partial charge is 0.481 e. The first-order valence-corrected chi connectivity index (χ1v) is 12.1. The molecule has 0 aromatic heterocycles. The first kappa shape index (κ1) is 24.7. The summed E-state index contributed by atoms with van der Waals surface area (Å²) in [4.78, 5) is 39.0. The van der Waals surface area contributed by atoms with Crippen molar-refractivity contribution >= 4 is 18.0 Å². The maximum Gasteiger partial charge on any atom is 0.407 e. The molecule has 8 heteroatoms. The van der Waals surface area contributed by atoms with Crippen LogP contribution in [0.2, 0.25) is 0 Å². The average molecular weight is 481 g/mol. The van der Waals surface area contributed by atoms with Gasteiger partial charge < -0.3 is 24.8 Å². The van der Waals surface area contributed by atoms with E-state index in [0.29, 0.717) is 13.0 Å². The zero-order chi connectivity index (χ0) is 24.8. The molecule has 1 aliphatic heterocycles. The third-order valence-electron chi connectivity index (χ3n) is 6.86. The molecular weight excluding hydrogens is 448 g/mol. The molecule has 2 N–H and O–H groups in total. The van der Waals surface area contributed by atoms with Crippen molar-refractivity contribution in [3.8, 4) is 11.1 Å². The number of ether oxygens (including phenoxy) is 2. The molecule has 1 unspecified atom stereocenters. The van der Waals surface area contributed by atoms with Gasteiger partial charge in [0.2, 0.25) is 5.91 Å². The quantitative estimate of drug-likeness (QED) is 0.566. The van der Waals surface area contributed by atoms with Crippen molar-refractivity contribution < 1.29 is 29.0 Å². The van der Waals surface area contributed by atoms with Crippen LogP contribution in [0.4, 0.5) is 4.79 Å². The molecule has 2 aromatic rings. The van der Waals surface area contributed by atoms with Gasteiger partial charge in [-0.3, -0.25) is 9.59 Å². The molecule has 1 heterocycles. The Morgan fingerprint density at radius 1 is 1.06 bits per heavy atom. The highest BCUT2D eigenvalue weighted by atomic mass is 16.5. The summed E-state index contributed by atoms with van der Waals surface area (Å²) in [7, 11) is 1.53. The first-order valence-electron chi connectivity index (χ1n) is 12.1. The molecule has 186 valence electrons. The van der Waals surface area contributed by atoms with Crippen LogP contribution in [0.5, 0.6) is 0 Å². The summed E-state index contributed by atoms with van der Waals surface area (Å²) in [5.74, 6) is -1.31.